The average Bonchev–Trinajstić information content (AvgIpc) is 2.46. The van der Waals surface area contributed by atoms with E-state index in [2.05, 4.69) is 21.2 Å². The van der Waals surface area contributed by atoms with Crippen molar-refractivity contribution in [3.63, 3.8) is 0 Å². The molecule has 1 aromatic carbocycles. The summed E-state index contributed by atoms with van der Waals surface area (Å²) in [4.78, 5) is 25.5. The maximum absolute atomic E-state index is 12.1. The van der Waals surface area contributed by atoms with Crippen LogP contribution in [-0.2, 0) is 14.3 Å². The number of aliphatic hydroxyl groups excluding tert-OH is 1. The lowest BCUT2D eigenvalue weighted by atomic mass is 10.1. The molecule has 0 bridgehead atoms. The van der Waals surface area contributed by atoms with Crippen molar-refractivity contribution in [1.82, 2.24) is 4.90 Å². The number of ether oxygens (including phenoxy) is 1. The molecule has 7 heteroatoms. The Hall–Kier alpha value is -1.44. The van der Waals surface area contributed by atoms with Crippen LogP contribution in [0.5, 0.6) is 0 Å². The predicted octanol–water partition coefficient (Wildman–Crippen LogP) is 0.997. The smallest absolute Gasteiger partial charge is 0.252 e. The van der Waals surface area contributed by atoms with Crippen LogP contribution in [0.25, 0.3) is 0 Å². The van der Waals surface area contributed by atoms with Gasteiger partial charge in [0.2, 0.25) is 5.91 Å². The molecule has 2 N–H and O–H groups in total. The zero-order valence-corrected chi connectivity index (χ0v) is 13.0. The van der Waals surface area contributed by atoms with Crippen molar-refractivity contribution in [3.05, 3.63) is 28.7 Å². The number of β-amino-alcohol motifs (C(OH)–C–C–N with tert-alkyl or cyclic N) is 1. The van der Waals surface area contributed by atoms with Crippen LogP contribution in [0.3, 0.4) is 0 Å². The van der Waals surface area contributed by atoms with Crippen molar-refractivity contribution in [2.75, 3.05) is 31.6 Å². The first-order chi connectivity index (χ1) is 10.1. The monoisotopic (exact) mass is 356 g/mol. The molecule has 6 nitrogen and oxygen atoms in total. The van der Waals surface area contributed by atoms with Crippen LogP contribution in [0, 0.1) is 0 Å². The number of nitrogens with zero attached hydrogens (tertiary/aromatic N) is 1. The van der Waals surface area contributed by atoms with Crippen molar-refractivity contribution >= 4 is 33.4 Å². The third-order valence-electron chi connectivity index (χ3n) is 3.14. The van der Waals surface area contributed by atoms with Gasteiger partial charge in [0.15, 0.2) is 0 Å². The molecule has 1 aliphatic heterocycles. The highest BCUT2D eigenvalue weighted by Gasteiger charge is 2.30. The van der Waals surface area contributed by atoms with E-state index >= 15 is 0 Å². The number of carbonyl (C=O) groups is 2. The van der Waals surface area contributed by atoms with Gasteiger partial charge in [-0.25, -0.2) is 0 Å². The number of rotatable bonds is 5. The lowest BCUT2D eigenvalue weighted by molar-refractivity contribution is -0.155. The predicted molar refractivity (Wildman–Crippen MR) is 80.8 cm³/mol. The fraction of sp³-hybridized carbons (Fsp3) is 0.429. The summed E-state index contributed by atoms with van der Waals surface area (Å²) in [6.07, 6.45) is -0.808. The fourth-order valence-corrected chi connectivity index (χ4v) is 2.36. The first-order valence-corrected chi connectivity index (χ1v) is 7.46. The Labute approximate surface area is 131 Å². The SMILES string of the molecule is O=C(CC1OCCN(CCO)C1=O)Nc1ccc(Br)cc1. The Balaban J connectivity index is 1.89. The minimum absolute atomic E-state index is 0.0309. The molecule has 0 saturated carbocycles. The summed E-state index contributed by atoms with van der Waals surface area (Å²) in [7, 11) is 0. The van der Waals surface area contributed by atoms with Crippen LogP contribution in [0.1, 0.15) is 6.42 Å². The van der Waals surface area contributed by atoms with E-state index in [9.17, 15) is 9.59 Å². The van der Waals surface area contributed by atoms with Crippen molar-refractivity contribution in [2.45, 2.75) is 12.5 Å². The van der Waals surface area contributed by atoms with Gasteiger partial charge in [0, 0.05) is 23.2 Å². The van der Waals surface area contributed by atoms with E-state index in [-0.39, 0.29) is 31.4 Å². The minimum atomic E-state index is -0.777. The molecule has 0 spiro atoms. The van der Waals surface area contributed by atoms with Gasteiger partial charge in [0.25, 0.3) is 5.91 Å². The Kier molecular flexibility index (Phi) is 5.72. The molecule has 1 aliphatic rings. The summed E-state index contributed by atoms with van der Waals surface area (Å²) in [5.74, 6) is -0.525. The van der Waals surface area contributed by atoms with Crippen LogP contribution in [0.2, 0.25) is 0 Å². The molecule has 2 rings (SSSR count). The van der Waals surface area contributed by atoms with Gasteiger partial charge in [-0.15, -0.1) is 0 Å². The van der Waals surface area contributed by atoms with Gasteiger partial charge in [-0.05, 0) is 24.3 Å². The number of hydrogen-bond acceptors (Lipinski definition) is 4. The molecule has 21 heavy (non-hydrogen) atoms. The summed E-state index contributed by atoms with van der Waals surface area (Å²) >= 11 is 3.32. The Morgan fingerprint density at radius 2 is 2.14 bits per heavy atom. The summed E-state index contributed by atoms with van der Waals surface area (Å²) in [6.45, 7) is 1.00. The first kappa shape index (κ1) is 15.9. The second-order valence-electron chi connectivity index (χ2n) is 4.67. The molecule has 0 aromatic heterocycles. The van der Waals surface area contributed by atoms with E-state index in [1.54, 1.807) is 12.1 Å². The highest BCUT2D eigenvalue weighted by Crippen LogP contribution is 2.16. The number of aliphatic hydroxyl groups is 1. The van der Waals surface area contributed by atoms with E-state index in [4.69, 9.17) is 9.84 Å². The van der Waals surface area contributed by atoms with E-state index in [0.29, 0.717) is 18.8 Å². The second kappa shape index (κ2) is 7.53. The van der Waals surface area contributed by atoms with Crippen LogP contribution in [-0.4, -0.2) is 54.2 Å². The largest absolute Gasteiger partial charge is 0.395 e. The summed E-state index contributed by atoms with van der Waals surface area (Å²) in [5, 5.41) is 11.6. The van der Waals surface area contributed by atoms with Crippen LogP contribution >= 0.6 is 15.9 Å². The number of hydrogen-bond donors (Lipinski definition) is 2. The molecule has 0 radical (unpaired) electrons. The highest BCUT2D eigenvalue weighted by atomic mass is 79.9. The maximum Gasteiger partial charge on any atom is 0.252 e. The second-order valence-corrected chi connectivity index (χ2v) is 5.58. The highest BCUT2D eigenvalue weighted by molar-refractivity contribution is 9.10. The third-order valence-corrected chi connectivity index (χ3v) is 3.66. The zero-order valence-electron chi connectivity index (χ0n) is 11.4. The number of amides is 2. The van der Waals surface area contributed by atoms with Gasteiger partial charge in [0.05, 0.1) is 19.6 Å². The van der Waals surface area contributed by atoms with Crippen molar-refractivity contribution < 1.29 is 19.4 Å². The molecule has 1 atom stereocenters. The van der Waals surface area contributed by atoms with E-state index in [0.717, 1.165) is 4.47 Å². The lowest BCUT2D eigenvalue weighted by Crippen LogP contribution is -2.49. The molecule has 2 amide bonds. The van der Waals surface area contributed by atoms with Crippen molar-refractivity contribution in [3.8, 4) is 0 Å². The molecule has 1 saturated heterocycles. The van der Waals surface area contributed by atoms with Crippen LogP contribution in [0.15, 0.2) is 28.7 Å². The molecule has 1 unspecified atom stereocenters. The molecule has 1 heterocycles. The van der Waals surface area contributed by atoms with Gasteiger partial charge in [-0.3, -0.25) is 9.59 Å². The molecule has 1 fully saturated rings. The van der Waals surface area contributed by atoms with Crippen LogP contribution < -0.4 is 5.32 Å². The molecular weight excluding hydrogens is 340 g/mol. The Morgan fingerprint density at radius 1 is 1.43 bits per heavy atom. The van der Waals surface area contributed by atoms with Crippen molar-refractivity contribution in [1.29, 1.82) is 0 Å². The van der Waals surface area contributed by atoms with Gasteiger partial charge < -0.3 is 20.1 Å². The average molecular weight is 357 g/mol. The maximum atomic E-state index is 12.1. The molecule has 114 valence electrons. The number of benzene rings is 1. The minimum Gasteiger partial charge on any atom is -0.395 e. The summed E-state index contributed by atoms with van der Waals surface area (Å²) in [6, 6.07) is 7.18. The van der Waals surface area contributed by atoms with Gasteiger partial charge in [-0.2, -0.15) is 0 Å². The normalized spacial score (nSPS) is 18.7. The van der Waals surface area contributed by atoms with E-state index in [1.807, 2.05) is 12.1 Å². The number of nitrogens with one attached hydrogen (secondary N) is 1. The van der Waals surface area contributed by atoms with E-state index < -0.39 is 6.10 Å². The molecular formula is C14H17BrN2O4. The number of carbonyl (C=O) groups excluding carboxylic acids is 2. The van der Waals surface area contributed by atoms with Gasteiger partial charge in [-0.1, -0.05) is 15.9 Å². The topological polar surface area (TPSA) is 78.9 Å². The summed E-state index contributed by atoms with van der Waals surface area (Å²) in [5.41, 5.74) is 0.665. The molecule has 0 aliphatic carbocycles. The third kappa shape index (κ3) is 4.52. The zero-order chi connectivity index (χ0) is 15.2. The number of anilines is 1. The van der Waals surface area contributed by atoms with Gasteiger partial charge in [0.1, 0.15) is 6.10 Å². The summed E-state index contributed by atoms with van der Waals surface area (Å²) < 4.78 is 6.28. The first-order valence-electron chi connectivity index (χ1n) is 6.67. The quantitative estimate of drug-likeness (QED) is 0.824. The Morgan fingerprint density at radius 3 is 2.81 bits per heavy atom. The standard InChI is InChI=1S/C14H17BrN2O4/c15-10-1-3-11(4-2-10)16-13(19)9-12-14(20)17(5-7-18)6-8-21-12/h1-4,12,18H,5-9H2,(H,16,19). The Bertz CT molecular complexity index is 504. The fourth-order valence-electron chi connectivity index (χ4n) is 2.09. The van der Waals surface area contributed by atoms with Crippen LogP contribution in [0.4, 0.5) is 5.69 Å². The number of halogens is 1. The lowest BCUT2D eigenvalue weighted by Gasteiger charge is -2.31. The van der Waals surface area contributed by atoms with E-state index in [1.165, 1.54) is 4.90 Å². The van der Waals surface area contributed by atoms with Crippen molar-refractivity contribution in [2.24, 2.45) is 0 Å². The van der Waals surface area contributed by atoms with Gasteiger partial charge >= 0.3 is 0 Å². The molecule has 1 aromatic rings. The number of morpholine rings is 1.